The highest BCUT2D eigenvalue weighted by Gasteiger charge is 2.33. The van der Waals surface area contributed by atoms with Crippen molar-refractivity contribution in [2.45, 2.75) is 70.8 Å². The maximum atomic E-state index is 13.0. The number of carbonyl (C=O) groups excluding carboxylic acids is 1. The van der Waals surface area contributed by atoms with Gasteiger partial charge in [0.25, 0.3) is 0 Å². The summed E-state index contributed by atoms with van der Waals surface area (Å²) in [5.74, 6) is 0.732. The van der Waals surface area contributed by atoms with Crippen LogP contribution in [-0.4, -0.2) is 72.5 Å². The number of likely N-dealkylation sites (tertiary alicyclic amines) is 3. The van der Waals surface area contributed by atoms with Crippen molar-refractivity contribution in [3.63, 3.8) is 0 Å². The summed E-state index contributed by atoms with van der Waals surface area (Å²) in [6.07, 6.45) is 11.2. The maximum Gasteiger partial charge on any atom is 0.226 e. The molecule has 3 fully saturated rings. The molecule has 0 bridgehead atoms. The Morgan fingerprint density at radius 1 is 0.875 bits per heavy atom. The smallest absolute Gasteiger partial charge is 0.226 e. The molecule has 0 saturated carbocycles. The number of rotatable bonds is 4. The van der Waals surface area contributed by atoms with Gasteiger partial charge in [0.1, 0.15) is 0 Å². The minimum Gasteiger partial charge on any atom is -0.342 e. The van der Waals surface area contributed by atoms with Crippen LogP contribution >= 0.6 is 0 Å². The Bertz CT molecular complexity index is 384. The van der Waals surface area contributed by atoms with Gasteiger partial charge in [0, 0.05) is 25.7 Å². The number of hydrogen-bond donors (Lipinski definition) is 0. The summed E-state index contributed by atoms with van der Waals surface area (Å²) < 4.78 is 0. The Kier molecular flexibility index (Phi) is 6.96. The average molecular weight is 336 g/mol. The van der Waals surface area contributed by atoms with Gasteiger partial charge in [0.2, 0.25) is 5.91 Å². The largest absolute Gasteiger partial charge is 0.342 e. The van der Waals surface area contributed by atoms with E-state index in [2.05, 4.69) is 21.6 Å². The summed E-state index contributed by atoms with van der Waals surface area (Å²) in [6, 6.07) is 0.720. The summed E-state index contributed by atoms with van der Waals surface area (Å²) in [5, 5.41) is 0. The molecule has 0 N–H and O–H groups in total. The van der Waals surface area contributed by atoms with Gasteiger partial charge in [-0.05, 0) is 71.1 Å². The van der Waals surface area contributed by atoms with E-state index in [1.165, 1.54) is 77.5 Å². The lowest BCUT2D eigenvalue weighted by Crippen LogP contribution is -2.51. The van der Waals surface area contributed by atoms with Crippen molar-refractivity contribution in [3.8, 4) is 0 Å². The van der Waals surface area contributed by atoms with E-state index in [1.54, 1.807) is 0 Å². The zero-order valence-electron chi connectivity index (χ0n) is 15.7. The molecule has 0 aromatic rings. The molecule has 0 radical (unpaired) electrons. The number of amides is 1. The molecule has 0 spiro atoms. The molecule has 1 atom stereocenters. The van der Waals surface area contributed by atoms with E-state index >= 15 is 0 Å². The van der Waals surface area contributed by atoms with E-state index in [-0.39, 0.29) is 5.92 Å². The zero-order valence-corrected chi connectivity index (χ0v) is 15.7. The molecule has 0 aromatic heterocycles. The Morgan fingerprint density at radius 2 is 1.58 bits per heavy atom. The highest BCUT2D eigenvalue weighted by molar-refractivity contribution is 5.79. The molecule has 0 aliphatic carbocycles. The van der Waals surface area contributed by atoms with Gasteiger partial charge in [-0.3, -0.25) is 9.69 Å². The molecule has 24 heavy (non-hydrogen) atoms. The summed E-state index contributed by atoms with van der Waals surface area (Å²) in [7, 11) is 0. The standard InChI is InChI=1S/C20H37N3O/c1-2-11-21-15-9-19(10-16-21)23-14-7-8-18(17-23)20(24)22-12-5-3-4-6-13-22/h18-19H,2-17H2,1H3. The second-order valence-corrected chi connectivity index (χ2v) is 8.15. The molecule has 1 unspecified atom stereocenters. The van der Waals surface area contributed by atoms with Crippen molar-refractivity contribution in [2.24, 2.45) is 5.92 Å². The summed E-state index contributed by atoms with van der Waals surface area (Å²) in [4.78, 5) is 20.4. The SMILES string of the molecule is CCCN1CCC(N2CCCC(C(=O)N3CCCCCC3)C2)CC1. The van der Waals surface area contributed by atoms with Gasteiger partial charge in [0.15, 0.2) is 0 Å². The maximum absolute atomic E-state index is 13.0. The first-order valence-corrected chi connectivity index (χ1v) is 10.5. The van der Waals surface area contributed by atoms with Crippen LogP contribution in [0.5, 0.6) is 0 Å². The lowest BCUT2D eigenvalue weighted by atomic mass is 9.92. The third-order valence-electron chi connectivity index (χ3n) is 6.33. The van der Waals surface area contributed by atoms with E-state index in [0.29, 0.717) is 5.91 Å². The van der Waals surface area contributed by atoms with E-state index < -0.39 is 0 Å². The van der Waals surface area contributed by atoms with Crippen LogP contribution in [-0.2, 0) is 4.79 Å². The van der Waals surface area contributed by atoms with Crippen LogP contribution < -0.4 is 0 Å². The molecule has 138 valence electrons. The number of hydrogen-bond acceptors (Lipinski definition) is 3. The molecule has 3 saturated heterocycles. The summed E-state index contributed by atoms with van der Waals surface area (Å²) in [5.41, 5.74) is 0. The lowest BCUT2D eigenvalue weighted by Gasteiger charge is -2.42. The van der Waals surface area contributed by atoms with Gasteiger partial charge >= 0.3 is 0 Å². The van der Waals surface area contributed by atoms with Crippen molar-refractivity contribution in [1.29, 1.82) is 0 Å². The van der Waals surface area contributed by atoms with Gasteiger partial charge in [-0.25, -0.2) is 0 Å². The second-order valence-electron chi connectivity index (χ2n) is 8.15. The molecular formula is C20H37N3O. The van der Waals surface area contributed by atoms with Crippen LogP contribution in [0.4, 0.5) is 0 Å². The van der Waals surface area contributed by atoms with E-state index in [1.807, 2.05) is 0 Å². The Morgan fingerprint density at radius 3 is 2.25 bits per heavy atom. The Labute approximate surface area is 148 Å². The van der Waals surface area contributed by atoms with E-state index in [4.69, 9.17) is 0 Å². The molecule has 0 aromatic carbocycles. The first-order valence-electron chi connectivity index (χ1n) is 10.5. The molecule has 3 aliphatic heterocycles. The topological polar surface area (TPSA) is 26.8 Å². The third-order valence-corrected chi connectivity index (χ3v) is 6.33. The van der Waals surface area contributed by atoms with Crippen molar-refractivity contribution in [2.75, 3.05) is 45.8 Å². The monoisotopic (exact) mass is 335 g/mol. The molecular weight excluding hydrogens is 298 g/mol. The van der Waals surface area contributed by atoms with Crippen LogP contribution in [0.25, 0.3) is 0 Å². The molecule has 4 nitrogen and oxygen atoms in total. The van der Waals surface area contributed by atoms with Crippen LogP contribution in [0.2, 0.25) is 0 Å². The van der Waals surface area contributed by atoms with Gasteiger partial charge in [-0.15, -0.1) is 0 Å². The predicted octanol–water partition coefficient (Wildman–Crippen LogP) is 2.98. The van der Waals surface area contributed by atoms with Crippen molar-refractivity contribution in [1.82, 2.24) is 14.7 Å². The molecule has 3 heterocycles. The van der Waals surface area contributed by atoms with Gasteiger partial charge in [-0.1, -0.05) is 19.8 Å². The fourth-order valence-electron chi connectivity index (χ4n) is 4.91. The van der Waals surface area contributed by atoms with Crippen LogP contribution in [0.15, 0.2) is 0 Å². The molecule has 3 rings (SSSR count). The minimum absolute atomic E-state index is 0.269. The summed E-state index contributed by atoms with van der Waals surface area (Å²) >= 11 is 0. The normalized spacial score (nSPS) is 28.7. The van der Waals surface area contributed by atoms with E-state index in [9.17, 15) is 4.79 Å². The number of nitrogens with zero attached hydrogens (tertiary/aromatic N) is 3. The van der Waals surface area contributed by atoms with E-state index in [0.717, 1.165) is 32.1 Å². The zero-order chi connectivity index (χ0) is 16.8. The minimum atomic E-state index is 0.269. The van der Waals surface area contributed by atoms with Crippen molar-refractivity contribution < 1.29 is 4.79 Å². The average Bonchev–Trinajstić information content (AvgIpc) is 2.91. The third kappa shape index (κ3) is 4.72. The van der Waals surface area contributed by atoms with Crippen molar-refractivity contribution in [3.05, 3.63) is 0 Å². The first-order chi connectivity index (χ1) is 11.8. The number of piperidine rings is 2. The first kappa shape index (κ1) is 18.2. The van der Waals surface area contributed by atoms with Gasteiger partial charge in [0.05, 0.1) is 5.92 Å². The molecule has 3 aliphatic rings. The molecule has 1 amide bonds. The number of carbonyl (C=O) groups is 1. The Balaban J connectivity index is 1.50. The lowest BCUT2D eigenvalue weighted by molar-refractivity contribution is -0.137. The Hall–Kier alpha value is -0.610. The fraction of sp³-hybridized carbons (Fsp3) is 0.950. The van der Waals surface area contributed by atoms with Crippen LogP contribution in [0.3, 0.4) is 0 Å². The summed E-state index contributed by atoms with van der Waals surface area (Å²) in [6.45, 7) is 10.3. The predicted molar refractivity (Wildman–Crippen MR) is 99.1 cm³/mol. The quantitative estimate of drug-likeness (QED) is 0.790. The highest BCUT2D eigenvalue weighted by atomic mass is 16.2. The fourth-order valence-corrected chi connectivity index (χ4v) is 4.91. The second kappa shape index (κ2) is 9.19. The van der Waals surface area contributed by atoms with Crippen LogP contribution in [0.1, 0.15) is 64.7 Å². The molecule has 4 heteroatoms. The van der Waals surface area contributed by atoms with Gasteiger partial charge in [-0.2, -0.15) is 0 Å². The van der Waals surface area contributed by atoms with Crippen molar-refractivity contribution >= 4 is 5.91 Å². The highest BCUT2D eigenvalue weighted by Crippen LogP contribution is 2.26. The van der Waals surface area contributed by atoms with Crippen LogP contribution in [0, 0.1) is 5.92 Å². The van der Waals surface area contributed by atoms with Gasteiger partial charge < -0.3 is 9.80 Å².